The number of piperidine rings is 1. The Labute approximate surface area is 148 Å². The van der Waals surface area contributed by atoms with Gasteiger partial charge in [-0.25, -0.2) is 26.3 Å². The van der Waals surface area contributed by atoms with Gasteiger partial charge in [0.15, 0.2) is 0 Å². The van der Waals surface area contributed by atoms with E-state index in [-0.39, 0.29) is 35.6 Å². The van der Waals surface area contributed by atoms with Crippen molar-refractivity contribution in [2.75, 3.05) is 18.8 Å². The van der Waals surface area contributed by atoms with Crippen LogP contribution in [0, 0.1) is 5.92 Å². The molecule has 0 radical (unpaired) electrons. The van der Waals surface area contributed by atoms with Gasteiger partial charge in [-0.1, -0.05) is 12.1 Å². The molecule has 1 aromatic carbocycles. The molecule has 3 N–H and O–H groups in total. The van der Waals surface area contributed by atoms with Crippen LogP contribution in [0.5, 0.6) is 0 Å². The fourth-order valence-electron chi connectivity index (χ4n) is 2.72. The molecule has 1 amide bonds. The first kappa shape index (κ1) is 19.8. The number of benzene rings is 1. The van der Waals surface area contributed by atoms with E-state index in [9.17, 15) is 21.6 Å². The molecule has 1 aliphatic heterocycles. The number of hydrogen-bond donors (Lipinski definition) is 2. The molecule has 0 aliphatic carbocycles. The average molecular weight is 389 g/mol. The Morgan fingerprint density at radius 2 is 1.88 bits per heavy atom. The molecule has 25 heavy (non-hydrogen) atoms. The van der Waals surface area contributed by atoms with E-state index >= 15 is 0 Å². The SMILES string of the molecule is CCS(=O)(=O)N1CCCC(C(=O)NCc2ccc(S(N)(=O)=O)cc2)C1. The zero-order valence-corrected chi connectivity index (χ0v) is 15.6. The van der Waals surface area contributed by atoms with E-state index < -0.39 is 20.0 Å². The molecule has 1 aromatic rings. The number of carbonyl (C=O) groups excluding carboxylic acids is 1. The molecule has 8 nitrogen and oxygen atoms in total. The van der Waals surface area contributed by atoms with Gasteiger partial charge in [0.05, 0.1) is 16.6 Å². The molecular weight excluding hydrogens is 366 g/mol. The summed E-state index contributed by atoms with van der Waals surface area (Å²) in [6.45, 7) is 2.48. The zero-order valence-electron chi connectivity index (χ0n) is 14.0. The van der Waals surface area contributed by atoms with Crippen LogP contribution in [-0.4, -0.2) is 45.9 Å². The maximum absolute atomic E-state index is 12.3. The van der Waals surface area contributed by atoms with E-state index in [0.29, 0.717) is 19.4 Å². The van der Waals surface area contributed by atoms with Gasteiger partial charge in [-0.05, 0) is 37.5 Å². The second-order valence-electron chi connectivity index (χ2n) is 6.00. The number of rotatable bonds is 6. The van der Waals surface area contributed by atoms with E-state index in [2.05, 4.69) is 5.32 Å². The molecular formula is C15H23N3O5S2. The van der Waals surface area contributed by atoms with Crippen LogP contribution in [0.4, 0.5) is 0 Å². The lowest BCUT2D eigenvalue weighted by Crippen LogP contribution is -2.45. The van der Waals surface area contributed by atoms with Crippen molar-refractivity contribution in [1.82, 2.24) is 9.62 Å². The number of nitrogens with two attached hydrogens (primary N) is 1. The number of amides is 1. The molecule has 1 fully saturated rings. The predicted molar refractivity (Wildman–Crippen MR) is 93.4 cm³/mol. The Kier molecular flexibility index (Phi) is 6.20. The maximum atomic E-state index is 12.3. The maximum Gasteiger partial charge on any atom is 0.238 e. The first-order chi connectivity index (χ1) is 11.6. The highest BCUT2D eigenvalue weighted by Crippen LogP contribution is 2.20. The van der Waals surface area contributed by atoms with E-state index in [1.807, 2.05) is 0 Å². The molecule has 1 aliphatic rings. The van der Waals surface area contributed by atoms with Gasteiger partial charge in [0.25, 0.3) is 0 Å². The summed E-state index contributed by atoms with van der Waals surface area (Å²) in [4.78, 5) is 12.3. The molecule has 0 aromatic heterocycles. The van der Waals surface area contributed by atoms with Gasteiger partial charge in [-0.15, -0.1) is 0 Å². The highest BCUT2D eigenvalue weighted by Gasteiger charge is 2.31. The number of carbonyl (C=O) groups is 1. The third-order valence-electron chi connectivity index (χ3n) is 4.23. The number of nitrogens with one attached hydrogen (secondary N) is 1. The highest BCUT2D eigenvalue weighted by atomic mass is 32.2. The van der Waals surface area contributed by atoms with E-state index in [0.717, 1.165) is 5.56 Å². The lowest BCUT2D eigenvalue weighted by atomic mass is 9.99. The normalized spacial score (nSPS) is 19.5. The molecule has 1 unspecified atom stereocenters. The molecule has 0 bridgehead atoms. The topological polar surface area (TPSA) is 127 Å². The number of nitrogens with zero attached hydrogens (tertiary/aromatic N) is 1. The second-order valence-corrected chi connectivity index (χ2v) is 9.82. The molecule has 0 saturated carbocycles. The van der Waals surface area contributed by atoms with Crippen LogP contribution in [-0.2, 0) is 31.4 Å². The molecule has 140 valence electrons. The van der Waals surface area contributed by atoms with Gasteiger partial charge in [0.2, 0.25) is 26.0 Å². The van der Waals surface area contributed by atoms with Gasteiger partial charge in [0.1, 0.15) is 0 Å². The van der Waals surface area contributed by atoms with Gasteiger partial charge in [-0.2, -0.15) is 0 Å². The molecule has 0 spiro atoms. The summed E-state index contributed by atoms with van der Waals surface area (Å²) in [5.41, 5.74) is 0.731. The van der Waals surface area contributed by atoms with Crippen LogP contribution in [0.15, 0.2) is 29.2 Å². The first-order valence-electron chi connectivity index (χ1n) is 8.01. The van der Waals surface area contributed by atoms with Gasteiger partial charge < -0.3 is 5.32 Å². The van der Waals surface area contributed by atoms with Crippen molar-refractivity contribution in [3.05, 3.63) is 29.8 Å². The summed E-state index contributed by atoms with van der Waals surface area (Å²) in [5, 5.41) is 7.81. The summed E-state index contributed by atoms with van der Waals surface area (Å²) in [6.07, 6.45) is 1.30. The largest absolute Gasteiger partial charge is 0.352 e. The molecule has 1 heterocycles. The highest BCUT2D eigenvalue weighted by molar-refractivity contribution is 7.89. The number of sulfonamides is 2. The lowest BCUT2D eigenvalue weighted by molar-refractivity contribution is -0.126. The molecule has 2 rings (SSSR count). The Morgan fingerprint density at radius 3 is 2.44 bits per heavy atom. The van der Waals surface area contributed by atoms with E-state index in [1.54, 1.807) is 19.1 Å². The van der Waals surface area contributed by atoms with Crippen molar-refractivity contribution in [2.45, 2.75) is 31.2 Å². The second kappa shape index (κ2) is 7.81. The van der Waals surface area contributed by atoms with Crippen molar-refractivity contribution in [3.63, 3.8) is 0 Å². The smallest absolute Gasteiger partial charge is 0.238 e. The van der Waals surface area contributed by atoms with Crippen molar-refractivity contribution in [3.8, 4) is 0 Å². The fourth-order valence-corrected chi connectivity index (χ4v) is 4.42. The quantitative estimate of drug-likeness (QED) is 0.709. The fraction of sp³-hybridized carbons (Fsp3) is 0.533. The van der Waals surface area contributed by atoms with Gasteiger partial charge in [0, 0.05) is 19.6 Å². The lowest BCUT2D eigenvalue weighted by Gasteiger charge is -2.30. The van der Waals surface area contributed by atoms with Crippen molar-refractivity contribution in [1.29, 1.82) is 0 Å². The third-order valence-corrected chi connectivity index (χ3v) is 7.01. The first-order valence-corrected chi connectivity index (χ1v) is 11.2. The van der Waals surface area contributed by atoms with Crippen molar-refractivity contribution < 1.29 is 21.6 Å². The van der Waals surface area contributed by atoms with Crippen LogP contribution in [0.2, 0.25) is 0 Å². The van der Waals surface area contributed by atoms with Crippen LogP contribution in [0.1, 0.15) is 25.3 Å². The Balaban J connectivity index is 1.94. The standard InChI is InChI=1S/C15H23N3O5S2/c1-2-24(20,21)18-9-3-4-13(11-18)15(19)17-10-12-5-7-14(8-6-12)25(16,22)23/h5-8,13H,2-4,9-11H2,1H3,(H,17,19)(H2,16,22,23). The number of hydrogen-bond acceptors (Lipinski definition) is 5. The van der Waals surface area contributed by atoms with E-state index in [4.69, 9.17) is 5.14 Å². The van der Waals surface area contributed by atoms with Crippen LogP contribution in [0.25, 0.3) is 0 Å². The summed E-state index contributed by atoms with van der Waals surface area (Å²) in [6, 6.07) is 5.92. The molecule has 10 heteroatoms. The van der Waals surface area contributed by atoms with Crippen molar-refractivity contribution >= 4 is 26.0 Å². The van der Waals surface area contributed by atoms with Crippen LogP contribution >= 0.6 is 0 Å². The van der Waals surface area contributed by atoms with Crippen LogP contribution < -0.4 is 10.5 Å². The Bertz CT molecular complexity index is 819. The monoisotopic (exact) mass is 389 g/mol. The zero-order chi connectivity index (χ0) is 18.7. The minimum absolute atomic E-state index is 0.00951. The van der Waals surface area contributed by atoms with Crippen LogP contribution in [0.3, 0.4) is 0 Å². The molecule has 1 saturated heterocycles. The van der Waals surface area contributed by atoms with E-state index in [1.165, 1.54) is 16.4 Å². The Morgan fingerprint density at radius 1 is 1.24 bits per heavy atom. The summed E-state index contributed by atoms with van der Waals surface area (Å²) in [5.74, 6) is -0.553. The van der Waals surface area contributed by atoms with Gasteiger partial charge >= 0.3 is 0 Å². The summed E-state index contributed by atoms with van der Waals surface area (Å²) < 4.78 is 47.7. The van der Waals surface area contributed by atoms with Crippen molar-refractivity contribution in [2.24, 2.45) is 11.1 Å². The van der Waals surface area contributed by atoms with Gasteiger partial charge in [-0.3, -0.25) is 4.79 Å². The summed E-state index contributed by atoms with van der Waals surface area (Å²) in [7, 11) is -7.03. The summed E-state index contributed by atoms with van der Waals surface area (Å²) >= 11 is 0. The average Bonchev–Trinajstić information content (AvgIpc) is 2.59. The molecule has 1 atom stereocenters. The minimum atomic E-state index is -3.74. The predicted octanol–water partition coefficient (Wildman–Crippen LogP) is 0.0119. The number of primary sulfonamides is 1. The Hall–Kier alpha value is -1.49. The minimum Gasteiger partial charge on any atom is -0.352 e. The third kappa shape index (κ3) is 5.24.